The smallest absolute Gasteiger partial charge is 0.328 e. The van der Waals surface area contributed by atoms with Gasteiger partial charge in [-0.25, -0.2) is 4.79 Å². The Kier molecular flexibility index (Phi) is 14.1. The first-order valence-corrected chi connectivity index (χ1v) is 12.3. The molecule has 17 nitrogen and oxygen atoms in total. The van der Waals surface area contributed by atoms with Gasteiger partial charge in [-0.15, -0.1) is 0 Å². The number of hydrogen-bond acceptors (Lipinski definition) is 11. The van der Waals surface area contributed by atoms with E-state index in [-0.39, 0.29) is 18.6 Å². The van der Waals surface area contributed by atoms with Crippen LogP contribution in [0.3, 0.4) is 0 Å². The summed E-state index contributed by atoms with van der Waals surface area (Å²) in [5, 5.41) is 64.6. The Morgan fingerprint density at radius 3 is 1.78 bits per heavy atom. The maximum Gasteiger partial charge on any atom is 0.328 e. The molecule has 4 amide bonds. The molecular formula is C24H35N5O12. The Morgan fingerprint density at radius 1 is 0.780 bits per heavy atom. The Bertz CT molecular complexity index is 1080. The molecule has 228 valence electrons. The van der Waals surface area contributed by atoms with E-state index in [9.17, 15) is 44.1 Å². The number of carboxylic acid groups (broad SMARTS) is 2. The zero-order chi connectivity index (χ0) is 31.3. The van der Waals surface area contributed by atoms with E-state index in [2.05, 4.69) is 16.0 Å². The van der Waals surface area contributed by atoms with Crippen LogP contribution in [0, 0.1) is 0 Å². The lowest BCUT2D eigenvalue weighted by Gasteiger charge is -2.26. The van der Waals surface area contributed by atoms with Gasteiger partial charge in [-0.2, -0.15) is 0 Å². The van der Waals surface area contributed by atoms with Gasteiger partial charge in [0, 0.05) is 12.8 Å². The lowest BCUT2D eigenvalue weighted by molar-refractivity contribution is -0.144. The molecule has 0 bridgehead atoms. The summed E-state index contributed by atoms with van der Waals surface area (Å²) in [5.74, 6) is -7.05. The highest BCUT2D eigenvalue weighted by Crippen LogP contribution is 2.12. The maximum atomic E-state index is 13.1. The first-order valence-electron chi connectivity index (χ1n) is 12.3. The molecule has 12 N–H and O–H groups in total. The predicted molar refractivity (Wildman–Crippen MR) is 138 cm³/mol. The quantitative estimate of drug-likeness (QED) is 0.0823. The number of phenolic OH excluding ortho intramolecular Hbond substituents is 1. The SMILES string of the molecule is C[C@@H](O)[C@H](NC(=O)[C@H](CO)NC(=O)[C@H](Cc1ccc(O)cc1)NC(=O)[C@@H](N)CCC(=O)O)C(=O)N[C@@H](CO)C(=O)O. The van der Waals surface area contributed by atoms with Gasteiger partial charge in [-0.3, -0.25) is 24.0 Å². The summed E-state index contributed by atoms with van der Waals surface area (Å²) in [6.07, 6.45) is -2.41. The van der Waals surface area contributed by atoms with Gasteiger partial charge in [0.2, 0.25) is 23.6 Å². The van der Waals surface area contributed by atoms with Gasteiger partial charge < -0.3 is 57.6 Å². The summed E-state index contributed by atoms with van der Waals surface area (Å²) < 4.78 is 0. The number of carbonyl (C=O) groups excluding carboxylic acids is 4. The zero-order valence-corrected chi connectivity index (χ0v) is 22.0. The van der Waals surface area contributed by atoms with Crippen molar-refractivity contribution in [1.29, 1.82) is 0 Å². The molecule has 0 aromatic heterocycles. The molecule has 0 radical (unpaired) electrons. The highest BCUT2D eigenvalue weighted by molar-refractivity contribution is 5.95. The van der Waals surface area contributed by atoms with Crippen LogP contribution in [-0.4, -0.2) is 116 Å². The van der Waals surface area contributed by atoms with Gasteiger partial charge in [0.25, 0.3) is 0 Å². The van der Waals surface area contributed by atoms with Crippen LogP contribution < -0.4 is 27.0 Å². The molecule has 0 aliphatic rings. The number of nitrogens with two attached hydrogens (primary N) is 1. The molecule has 1 aromatic carbocycles. The number of carboxylic acids is 2. The number of aliphatic hydroxyl groups is 3. The first kappa shape index (κ1) is 34.7. The molecule has 0 spiro atoms. The van der Waals surface area contributed by atoms with E-state index < -0.39 is 91.5 Å². The summed E-state index contributed by atoms with van der Waals surface area (Å²) in [6, 6.07) is -2.36. The van der Waals surface area contributed by atoms with Gasteiger partial charge in [-0.05, 0) is 31.0 Å². The van der Waals surface area contributed by atoms with Crippen LogP contribution in [0.15, 0.2) is 24.3 Å². The number of aromatic hydroxyl groups is 1. The molecule has 41 heavy (non-hydrogen) atoms. The van der Waals surface area contributed by atoms with Crippen molar-refractivity contribution >= 4 is 35.6 Å². The number of rotatable bonds is 17. The van der Waals surface area contributed by atoms with Crippen molar-refractivity contribution in [3.8, 4) is 5.75 Å². The Labute approximate surface area is 233 Å². The highest BCUT2D eigenvalue weighted by Gasteiger charge is 2.33. The molecule has 1 aromatic rings. The minimum atomic E-state index is -1.75. The molecule has 0 saturated heterocycles. The summed E-state index contributed by atoms with van der Waals surface area (Å²) in [5.41, 5.74) is 6.17. The van der Waals surface area contributed by atoms with Gasteiger partial charge in [0.05, 0.1) is 25.4 Å². The number of phenols is 1. The fourth-order valence-electron chi connectivity index (χ4n) is 3.34. The zero-order valence-electron chi connectivity index (χ0n) is 22.0. The minimum Gasteiger partial charge on any atom is -0.508 e. The van der Waals surface area contributed by atoms with E-state index in [0.29, 0.717) is 5.56 Å². The van der Waals surface area contributed by atoms with Crippen LogP contribution in [0.5, 0.6) is 5.75 Å². The Balaban J connectivity index is 3.07. The fraction of sp³-hybridized carbons (Fsp3) is 0.500. The minimum absolute atomic E-state index is 0.0723. The Morgan fingerprint density at radius 2 is 1.29 bits per heavy atom. The number of nitrogens with one attached hydrogen (secondary N) is 4. The van der Waals surface area contributed by atoms with Crippen molar-refractivity contribution in [3.63, 3.8) is 0 Å². The average Bonchev–Trinajstić information content (AvgIpc) is 2.91. The van der Waals surface area contributed by atoms with Crippen molar-refractivity contribution in [3.05, 3.63) is 29.8 Å². The predicted octanol–water partition coefficient (Wildman–Crippen LogP) is -4.48. The number of benzene rings is 1. The maximum absolute atomic E-state index is 13.1. The van der Waals surface area contributed by atoms with Crippen molar-refractivity contribution in [2.45, 2.75) is 62.5 Å². The van der Waals surface area contributed by atoms with E-state index in [1.54, 1.807) is 0 Å². The molecule has 0 saturated carbocycles. The summed E-state index contributed by atoms with van der Waals surface area (Å²) >= 11 is 0. The molecule has 0 aliphatic carbocycles. The highest BCUT2D eigenvalue weighted by atomic mass is 16.4. The fourth-order valence-corrected chi connectivity index (χ4v) is 3.34. The normalized spacial score (nSPS) is 15.2. The lowest BCUT2D eigenvalue weighted by atomic mass is 10.0. The largest absolute Gasteiger partial charge is 0.508 e. The average molecular weight is 586 g/mol. The monoisotopic (exact) mass is 585 g/mol. The van der Waals surface area contributed by atoms with E-state index in [1.807, 2.05) is 5.32 Å². The van der Waals surface area contributed by atoms with E-state index in [0.717, 1.165) is 6.92 Å². The number of aliphatic hydroxyl groups excluding tert-OH is 3. The van der Waals surface area contributed by atoms with Gasteiger partial charge in [0.1, 0.15) is 29.9 Å². The number of carbonyl (C=O) groups is 6. The van der Waals surface area contributed by atoms with Crippen molar-refractivity contribution in [1.82, 2.24) is 21.3 Å². The number of amides is 4. The van der Waals surface area contributed by atoms with Crippen molar-refractivity contribution in [2.24, 2.45) is 5.73 Å². The number of hydrogen-bond donors (Lipinski definition) is 11. The molecule has 0 aliphatic heterocycles. The molecule has 17 heteroatoms. The third kappa shape index (κ3) is 11.8. The van der Waals surface area contributed by atoms with Gasteiger partial charge in [-0.1, -0.05) is 12.1 Å². The molecule has 0 heterocycles. The van der Waals surface area contributed by atoms with Gasteiger partial charge >= 0.3 is 11.9 Å². The number of aliphatic carboxylic acids is 2. The summed E-state index contributed by atoms with van der Waals surface area (Å²) in [4.78, 5) is 72.7. The molecular weight excluding hydrogens is 550 g/mol. The molecule has 0 unspecified atom stereocenters. The van der Waals surface area contributed by atoms with Crippen LogP contribution in [0.2, 0.25) is 0 Å². The van der Waals surface area contributed by atoms with Crippen molar-refractivity contribution < 1.29 is 59.4 Å². The Hall–Kier alpha value is -4.32. The van der Waals surface area contributed by atoms with Crippen molar-refractivity contribution in [2.75, 3.05) is 13.2 Å². The van der Waals surface area contributed by atoms with E-state index in [4.69, 9.17) is 21.1 Å². The van der Waals surface area contributed by atoms with E-state index >= 15 is 0 Å². The van der Waals surface area contributed by atoms with Crippen LogP contribution in [-0.2, 0) is 35.2 Å². The lowest BCUT2D eigenvalue weighted by Crippen LogP contribution is -2.61. The molecule has 1 rings (SSSR count). The third-order valence-corrected chi connectivity index (χ3v) is 5.69. The summed E-state index contributed by atoms with van der Waals surface area (Å²) in [6.45, 7) is -0.883. The summed E-state index contributed by atoms with van der Waals surface area (Å²) in [7, 11) is 0. The third-order valence-electron chi connectivity index (χ3n) is 5.69. The molecule has 0 fully saturated rings. The topological polar surface area (TPSA) is 298 Å². The second kappa shape index (κ2) is 16.7. The van der Waals surface area contributed by atoms with Crippen LogP contribution in [0.25, 0.3) is 0 Å². The van der Waals surface area contributed by atoms with Gasteiger partial charge in [0.15, 0.2) is 0 Å². The van der Waals surface area contributed by atoms with Crippen LogP contribution >= 0.6 is 0 Å². The second-order valence-electron chi connectivity index (χ2n) is 9.02. The van der Waals surface area contributed by atoms with Crippen LogP contribution in [0.4, 0.5) is 0 Å². The first-order chi connectivity index (χ1) is 19.2. The van der Waals surface area contributed by atoms with E-state index in [1.165, 1.54) is 24.3 Å². The molecule has 6 atom stereocenters. The van der Waals surface area contributed by atoms with Crippen LogP contribution in [0.1, 0.15) is 25.3 Å². The standard InChI is InChI=1S/C24H35N5O12/c1-11(32)19(23(39)28-17(10-31)24(40)41)29-22(38)16(9-30)27-21(37)15(8-12-2-4-13(33)5-3-12)26-20(36)14(25)6-7-18(34)35/h2-5,11,14-17,19,30-33H,6-10,25H2,1H3,(H,26,36)(H,27,37)(H,28,39)(H,29,38)(H,34,35)(H,40,41)/t11-,14+,15+,16+,17+,19+/m1/s1. The second-order valence-corrected chi connectivity index (χ2v) is 9.02.